The normalized spacial score (nSPS) is 10.8. The average molecular weight is 390 g/mol. The van der Waals surface area contributed by atoms with Crippen molar-refractivity contribution in [3.8, 4) is 12.0 Å². The Labute approximate surface area is 165 Å². The first-order chi connectivity index (χ1) is 14.2. The van der Waals surface area contributed by atoms with Gasteiger partial charge in [0, 0.05) is 13.5 Å². The monoisotopic (exact) mass is 390 g/mol. The Bertz CT molecular complexity index is 1180. The fourth-order valence-corrected chi connectivity index (χ4v) is 2.80. The summed E-state index contributed by atoms with van der Waals surface area (Å²) in [5.41, 5.74) is 2.21. The Kier molecular flexibility index (Phi) is 4.97. The summed E-state index contributed by atoms with van der Waals surface area (Å²) in [6.07, 6.45) is 1.76. The molecule has 10 nitrogen and oxygen atoms in total. The van der Waals surface area contributed by atoms with E-state index in [4.69, 9.17) is 4.74 Å². The quantitative estimate of drug-likeness (QED) is 0.481. The Morgan fingerprint density at radius 1 is 1.21 bits per heavy atom. The van der Waals surface area contributed by atoms with Crippen molar-refractivity contribution in [1.29, 1.82) is 0 Å². The maximum absolute atomic E-state index is 11.7. The molecule has 0 aliphatic heterocycles. The predicted octanol–water partition coefficient (Wildman–Crippen LogP) is 2.04. The molecular weight excluding hydrogens is 372 g/mol. The number of benzene rings is 1. The van der Waals surface area contributed by atoms with Gasteiger partial charge in [0.2, 0.25) is 5.91 Å². The maximum Gasteiger partial charge on any atom is 0.305 e. The Morgan fingerprint density at radius 3 is 2.86 bits per heavy atom. The van der Waals surface area contributed by atoms with Gasteiger partial charge in [0.05, 0.1) is 16.7 Å². The molecule has 0 spiro atoms. The van der Waals surface area contributed by atoms with Gasteiger partial charge in [-0.15, -0.1) is 6.58 Å². The minimum atomic E-state index is -0.179. The number of tetrazole rings is 1. The largest absolute Gasteiger partial charge is 0.458 e. The molecule has 3 heterocycles. The van der Waals surface area contributed by atoms with Gasteiger partial charge in [-0.1, -0.05) is 29.4 Å². The summed E-state index contributed by atoms with van der Waals surface area (Å²) < 4.78 is 9.22. The summed E-state index contributed by atoms with van der Waals surface area (Å²) in [7, 11) is 1.74. The van der Waals surface area contributed by atoms with E-state index in [1.165, 1.54) is 10.8 Å². The topological polar surface area (TPSA) is 113 Å². The predicted molar refractivity (Wildman–Crippen MR) is 105 cm³/mol. The minimum absolute atomic E-state index is 0.153. The van der Waals surface area contributed by atoms with Gasteiger partial charge < -0.3 is 10.1 Å². The van der Waals surface area contributed by atoms with Crippen LogP contribution < -0.4 is 10.1 Å². The van der Waals surface area contributed by atoms with Crippen LogP contribution >= 0.6 is 0 Å². The maximum atomic E-state index is 11.7. The van der Waals surface area contributed by atoms with Crippen LogP contribution in [-0.2, 0) is 18.4 Å². The van der Waals surface area contributed by atoms with Crippen LogP contribution in [0.5, 0.6) is 6.01 Å². The second-order valence-electron chi connectivity index (χ2n) is 6.16. The summed E-state index contributed by atoms with van der Waals surface area (Å²) in [4.78, 5) is 20.7. The van der Waals surface area contributed by atoms with Crippen molar-refractivity contribution in [2.45, 2.75) is 13.0 Å². The molecule has 1 amide bonds. The molecule has 0 unspecified atom stereocenters. The van der Waals surface area contributed by atoms with Crippen LogP contribution in [0.25, 0.3) is 17.0 Å². The molecule has 0 aliphatic carbocycles. The van der Waals surface area contributed by atoms with Gasteiger partial charge in [0.25, 0.3) is 5.95 Å². The highest BCUT2D eigenvalue weighted by Gasteiger charge is 2.18. The number of imidazole rings is 1. The molecule has 10 heteroatoms. The van der Waals surface area contributed by atoms with Crippen LogP contribution in [0.1, 0.15) is 12.1 Å². The molecule has 29 heavy (non-hydrogen) atoms. The highest BCUT2D eigenvalue weighted by atomic mass is 16.5. The lowest BCUT2D eigenvalue weighted by molar-refractivity contribution is -0.115. The molecule has 0 saturated heterocycles. The zero-order valence-corrected chi connectivity index (χ0v) is 15.7. The number of aromatic nitrogens is 7. The zero-order chi connectivity index (χ0) is 20.2. The Morgan fingerprint density at radius 2 is 2.07 bits per heavy atom. The first-order valence-corrected chi connectivity index (χ1v) is 8.85. The minimum Gasteiger partial charge on any atom is -0.458 e. The van der Waals surface area contributed by atoms with E-state index in [9.17, 15) is 4.79 Å². The molecule has 0 saturated carbocycles. The molecular formula is C19H18N8O2. The number of nitrogens with one attached hydrogen (secondary N) is 1. The van der Waals surface area contributed by atoms with Gasteiger partial charge in [-0.2, -0.15) is 4.98 Å². The number of carbonyl (C=O) groups excluding carboxylic acids is 1. The molecule has 146 valence electrons. The number of aryl methyl sites for hydroxylation is 1. The number of amides is 1. The van der Waals surface area contributed by atoms with Crippen molar-refractivity contribution in [2.75, 3.05) is 5.32 Å². The number of para-hydroxylation sites is 2. The fraction of sp³-hybridized carbons (Fsp3) is 0.158. The van der Waals surface area contributed by atoms with E-state index >= 15 is 0 Å². The number of fused-ring (bicyclic) bond motifs is 1. The Balaban J connectivity index is 1.60. The van der Waals surface area contributed by atoms with Crippen molar-refractivity contribution in [3.05, 3.63) is 60.8 Å². The Hall–Kier alpha value is -4.08. The van der Waals surface area contributed by atoms with E-state index in [1.807, 2.05) is 24.3 Å². The van der Waals surface area contributed by atoms with Crippen molar-refractivity contribution in [3.63, 3.8) is 0 Å². The standard InChI is InChI=1S/C19H18N8O2/c1-3-7-17(28)22-16-11-6-8-13(20-16)12-29-19-21-14-9-4-5-10-15(14)27(19)18-23-24-25-26(18)2/h3-6,8-11H,1,7,12H2,2H3,(H,20,22,28). The van der Waals surface area contributed by atoms with E-state index in [1.54, 1.807) is 29.8 Å². The summed E-state index contributed by atoms with van der Waals surface area (Å²) in [6, 6.07) is 13.3. The molecule has 0 bridgehead atoms. The first kappa shape index (κ1) is 18.3. The number of hydrogen-bond acceptors (Lipinski definition) is 7. The number of carbonyl (C=O) groups is 1. The third-order valence-corrected chi connectivity index (χ3v) is 4.08. The molecule has 4 rings (SSSR count). The van der Waals surface area contributed by atoms with Crippen molar-refractivity contribution in [2.24, 2.45) is 7.05 Å². The van der Waals surface area contributed by atoms with E-state index in [0.29, 0.717) is 23.5 Å². The second-order valence-corrected chi connectivity index (χ2v) is 6.16. The number of rotatable bonds is 7. The van der Waals surface area contributed by atoms with Crippen LogP contribution in [-0.4, -0.2) is 40.6 Å². The lowest BCUT2D eigenvalue weighted by Gasteiger charge is -2.09. The number of pyridine rings is 1. The third kappa shape index (κ3) is 3.81. The summed E-state index contributed by atoms with van der Waals surface area (Å²) in [6.45, 7) is 3.70. The van der Waals surface area contributed by atoms with Crippen molar-refractivity contribution in [1.82, 2.24) is 34.7 Å². The summed E-state index contributed by atoms with van der Waals surface area (Å²) in [5.74, 6) is 0.748. The van der Waals surface area contributed by atoms with Gasteiger partial charge in [-0.3, -0.25) is 4.79 Å². The second kappa shape index (κ2) is 7.89. The summed E-state index contributed by atoms with van der Waals surface area (Å²) >= 11 is 0. The SMILES string of the molecule is C=CCC(=O)Nc1cccc(COc2nc3ccccc3n2-c2nnnn2C)n1. The number of hydrogen-bond donors (Lipinski definition) is 1. The number of ether oxygens (including phenoxy) is 1. The summed E-state index contributed by atoms with van der Waals surface area (Å²) in [5, 5.41) is 14.4. The lowest BCUT2D eigenvalue weighted by Crippen LogP contribution is -2.12. The third-order valence-electron chi connectivity index (χ3n) is 4.08. The van der Waals surface area contributed by atoms with Gasteiger partial charge in [-0.25, -0.2) is 14.2 Å². The van der Waals surface area contributed by atoms with E-state index in [-0.39, 0.29) is 18.9 Å². The number of anilines is 1. The molecule has 0 radical (unpaired) electrons. The highest BCUT2D eigenvalue weighted by Crippen LogP contribution is 2.25. The van der Waals surface area contributed by atoms with Crippen LogP contribution in [0.4, 0.5) is 5.82 Å². The molecule has 1 N–H and O–H groups in total. The van der Waals surface area contributed by atoms with E-state index in [0.717, 1.165) is 11.0 Å². The van der Waals surface area contributed by atoms with Gasteiger partial charge >= 0.3 is 6.01 Å². The molecule has 4 aromatic rings. The molecule has 3 aromatic heterocycles. The van der Waals surface area contributed by atoms with Crippen LogP contribution in [0.3, 0.4) is 0 Å². The van der Waals surface area contributed by atoms with E-state index in [2.05, 4.69) is 37.4 Å². The molecule has 0 atom stereocenters. The average Bonchev–Trinajstić information content (AvgIpc) is 3.29. The lowest BCUT2D eigenvalue weighted by atomic mass is 10.3. The van der Waals surface area contributed by atoms with Crippen molar-refractivity contribution < 1.29 is 9.53 Å². The van der Waals surface area contributed by atoms with Gasteiger partial charge in [0.1, 0.15) is 12.4 Å². The smallest absolute Gasteiger partial charge is 0.305 e. The van der Waals surface area contributed by atoms with Crippen LogP contribution in [0.2, 0.25) is 0 Å². The zero-order valence-electron chi connectivity index (χ0n) is 15.7. The van der Waals surface area contributed by atoms with Crippen LogP contribution in [0, 0.1) is 0 Å². The first-order valence-electron chi connectivity index (χ1n) is 8.85. The van der Waals surface area contributed by atoms with Crippen molar-refractivity contribution >= 4 is 22.8 Å². The number of nitrogens with zero attached hydrogens (tertiary/aromatic N) is 7. The fourth-order valence-electron chi connectivity index (χ4n) is 2.80. The molecule has 0 fully saturated rings. The molecule has 1 aromatic carbocycles. The van der Waals surface area contributed by atoms with E-state index < -0.39 is 0 Å². The van der Waals surface area contributed by atoms with Crippen LogP contribution in [0.15, 0.2) is 55.1 Å². The molecule has 0 aliphatic rings. The van der Waals surface area contributed by atoms with Gasteiger partial charge in [0.15, 0.2) is 0 Å². The highest BCUT2D eigenvalue weighted by molar-refractivity contribution is 5.90. The van der Waals surface area contributed by atoms with Gasteiger partial charge in [-0.05, 0) is 34.7 Å².